The van der Waals surface area contributed by atoms with Crippen LogP contribution in [0.25, 0.3) is 11.5 Å². The average molecular weight is 175 g/mol. The molecular weight excluding hydrogens is 166 g/mol. The third-order valence-electron chi connectivity index (χ3n) is 1.78. The van der Waals surface area contributed by atoms with E-state index in [-0.39, 0.29) is 0 Å². The van der Waals surface area contributed by atoms with Crippen molar-refractivity contribution in [1.82, 2.24) is 15.1 Å². The van der Waals surface area contributed by atoms with Crippen LogP contribution in [-0.4, -0.2) is 15.1 Å². The molecule has 0 aliphatic carbocycles. The Morgan fingerprint density at radius 2 is 2.15 bits per heavy atom. The lowest BCUT2D eigenvalue weighted by Crippen LogP contribution is -1.84. The maximum Gasteiger partial charge on any atom is 0.258 e. The van der Waals surface area contributed by atoms with Crippen molar-refractivity contribution in [1.29, 1.82) is 0 Å². The lowest BCUT2D eigenvalue weighted by Gasteiger charge is -1.96. The van der Waals surface area contributed by atoms with Gasteiger partial charge in [0.15, 0.2) is 5.82 Å². The fourth-order valence-corrected chi connectivity index (χ4v) is 1.12. The zero-order valence-electron chi connectivity index (χ0n) is 7.48. The quantitative estimate of drug-likeness (QED) is 0.662. The number of pyridine rings is 1. The fraction of sp³-hybridized carbons (Fsp3) is 0.222. The molecule has 4 heteroatoms. The summed E-state index contributed by atoms with van der Waals surface area (Å²) in [6.45, 7) is 3.76. The van der Waals surface area contributed by atoms with Gasteiger partial charge in [0.2, 0.25) is 0 Å². The topological polar surface area (TPSA) is 51.8 Å². The van der Waals surface area contributed by atoms with Gasteiger partial charge in [-0.25, -0.2) is 0 Å². The molecule has 0 atom stereocenters. The summed E-state index contributed by atoms with van der Waals surface area (Å²) in [7, 11) is 0. The van der Waals surface area contributed by atoms with E-state index >= 15 is 0 Å². The largest absolute Gasteiger partial charge is 0.334 e. The summed E-state index contributed by atoms with van der Waals surface area (Å²) in [5.74, 6) is 1.20. The molecule has 0 unspecified atom stereocenters. The minimum atomic E-state index is 0.553. The molecule has 13 heavy (non-hydrogen) atoms. The van der Waals surface area contributed by atoms with Crippen molar-refractivity contribution in [2.45, 2.75) is 13.8 Å². The SMILES string of the molecule is Cc1noc(-c2ccncc2C)n1. The second kappa shape index (κ2) is 2.97. The summed E-state index contributed by atoms with van der Waals surface area (Å²) in [6.07, 6.45) is 3.48. The van der Waals surface area contributed by atoms with Crippen molar-refractivity contribution >= 4 is 0 Å². The van der Waals surface area contributed by atoms with Gasteiger partial charge in [0, 0.05) is 18.0 Å². The Morgan fingerprint density at radius 1 is 1.31 bits per heavy atom. The molecule has 0 fully saturated rings. The summed E-state index contributed by atoms with van der Waals surface area (Å²) in [5, 5.41) is 3.73. The van der Waals surface area contributed by atoms with Gasteiger partial charge in [-0.2, -0.15) is 4.98 Å². The van der Waals surface area contributed by atoms with Crippen LogP contribution in [-0.2, 0) is 0 Å². The minimum absolute atomic E-state index is 0.553. The monoisotopic (exact) mass is 175 g/mol. The highest BCUT2D eigenvalue weighted by atomic mass is 16.5. The molecule has 4 nitrogen and oxygen atoms in total. The van der Waals surface area contributed by atoms with Crippen molar-refractivity contribution in [3.05, 3.63) is 29.8 Å². The van der Waals surface area contributed by atoms with Gasteiger partial charge in [0.05, 0.1) is 0 Å². The van der Waals surface area contributed by atoms with Crippen LogP contribution >= 0.6 is 0 Å². The molecule has 0 bridgehead atoms. The normalized spacial score (nSPS) is 10.3. The third-order valence-corrected chi connectivity index (χ3v) is 1.78. The molecule has 0 spiro atoms. The molecule has 66 valence electrons. The van der Waals surface area contributed by atoms with Crippen LogP contribution in [0.15, 0.2) is 23.0 Å². The molecule has 0 radical (unpaired) electrons. The van der Waals surface area contributed by atoms with E-state index in [4.69, 9.17) is 4.52 Å². The Labute approximate surface area is 75.6 Å². The van der Waals surface area contributed by atoms with Crippen LogP contribution in [0.3, 0.4) is 0 Å². The second-order valence-corrected chi connectivity index (χ2v) is 2.84. The first-order valence-electron chi connectivity index (χ1n) is 3.98. The number of rotatable bonds is 1. The number of aromatic nitrogens is 3. The Kier molecular flexibility index (Phi) is 1.81. The predicted molar refractivity (Wildman–Crippen MR) is 47.0 cm³/mol. The zero-order chi connectivity index (χ0) is 9.26. The zero-order valence-corrected chi connectivity index (χ0v) is 7.48. The third kappa shape index (κ3) is 1.42. The van der Waals surface area contributed by atoms with Gasteiger partial charge in [-0.05, 0) is 25.5 Å². The lowest BCUT2D eigenvalue weighted by atomic mass is 10.2. The lowest BCUT2D eigenvalue weighted by molar-refractivity contribution is 0.425. The van der Waals surface area contributed by atoms with Crippen LogP contribution in [0.5, 0.6) is 0 Å². The highest BCUT2D eigenvalue weighted by Gasteiger charge is 2.07. The number of hydrogen-bond donors (Lipinski definition) is 0. The van der Waals surface area contributed by atoms with Gasteiger partial charge < -0.3 is 4.52 Å². The van der Waals surface area contributed by atoms with E-state index in [1.54, 1.807) is 19.3 Å². The van der Waals surface area contributed by atoms with E-state index in [1.165, 1.54) is 0 Å². The average Bonchev–Trinajstić information content (AvgIpc) is 2.53. The number of nitrogens with zero attached hydrogens (tertiary/aromatic N) is 3. The Balaban J connectivity index is 2.52. The summed E-state index contributed by atoms with van der Waals surface area (Å²) >= 11 is 0. The molecule has 0 aromatic carbocycles. The molecule has 0 saturated carbocycles. The highest BCUT2D eigenvalue weighted by Crippen LogP contribution is 2.19. The van der Waals surface area contributed by atoms with E-state index in [1.807, 2.05) is 13.0 Å². The Bertz CT molecular complexity index is 422. The van der Waals surface area contributed by atoms with Gasteiger partial charge in [0.25, 0.3) is 5.89 Å². The molecule has 2 rings (SSSR count). The molecule has 0 N–H and O–H groups in total. The van der Waals surface area contributed by atoms with Crippen molar-refractivity contribution < 1.29 is 4.52 Å². The first-order valence-corrected chi connectivity index (χ1v) is 3.98. The summed E-state index contributed by atoms with van der Waals surface area (Å²) in [4.78, 5) is 8.12. The first-order chi connectivity index (χ1) is 6.27. The van der Waals surface area contributed by atoms with Crippen LogP contribution in [0.4, 0.5) is 0 Å². The molecular formula is C9H9N3O. The minimum Gasteiger partial charge on any atom is -0.334 e. The first kappa shape index (κ1) is 7.91. The standard InChI is InChI=1S/C9H9N3O/c1-6-5-10-4-3-8(6)9-11-7(2)12-13-9/h3-5H,1-2H3. The fourth-order valence-electron chi connectivity index (χ4n) is 1.12. The maximum atomic E-state index is 5.04. The van der Waals surface area contributed by atoms with E-state index in [2.05, 4.69) is 15.1 Å². The number of hydrogen-bond acceptors (Lipinski definition) is 4. The predicted octanol–water partition coefficient (Wildman–Crippen LogP) is 1.75. The van der Waals surface area contributed by atoms with Gasteiger partial charge in [-0.3, -0.25) is 4.98 Å². The molecule has 2 aromatic rings. The van der Waals surface area contributed by atoms with Gasteiger partial charge in [0.1, 0.15) is 0 Å². The van der Waals surface area contributed by atoms with Gasteiger partial charge >= 0.3 is 0 Å². The van der Waals surface area contributed by atoms with E-state index < -0.39 is 0 Å². The van der Waals surface area contributed by atoms with Gasteiger partial charge in [-0.1, -0.05) is 5.16 Å². The van der Waals surface area contributed by atoms with Crippen LogP contribution in [0, 0.1) is 13.8 Å². The van der Waals surface area contributed by atoms with Crippen molar-refractivity contribution in [3.63, 3.8) is 0 Å². The molecule has 0 aliphatic rings. The van der Waals surface area contributed by atoms with Crippen molar-refractivity contribution in [2.75, 3.05) is 0 Å². The van der Waals surface area contributed by atoms with Crippen molar-refractivity contribution in [2.24, 2.45) is 0 Å². The second-order valence-electron chi connectivity index (χ2n) is 2.84. The van der Waals surface area contributed by atoms with Gasteiger partial charge in [-0.15, -0.1) is 0 Å². The Morgan fingerprint density at radius 3 is 2.77 bits per heavy atom. The molecule has 2 aromatic heterocycles. The summed E-state index contributed by atoms with van der Waals surface area (Å²) in [6, 6.07) is 1.86. The van der Waals surface area contributed by atoms with E-state index in [9.17, 15) is 0 Å². The van der Waals surface area contributed by atoms with Crippen molar-refractivity contribution in [3.8, 4) is 11.5 Å². The highest BCUT2D eigenvalue weighted by molar-refractivity contribution is 5.56. The smallest absolute Gasteiger partial charge is 0.258 e. The maximum absolute atomic E-state index is 5.04. The molecule has 0 aliphatic heterocycles. The van der Waals surface area contributed by atoms with E-state index in [0.717, 1.165) is 11.1 Å². The molecule has 0 saturated heterocycles. The van der Waals surface area contributed by atoms with Crippen LogP contribution < -0.4 is 0 Å². The summed E-state index contributed by atoms with van der Waals surface area (Å²) < 4.78 is 5.04. The molecule has 0 amide bonds. The van der Waals surface area contributed by atoms with Crippen LogP contribution in [0.2, 0.25) is 0 Å². The molecule has 2 heterocycles. The number of aryl methyl sites for hydroxylation is 2. The van der Waals surface area contributed by atoms with Crippen LogP contribution in [0.1, 0.15) is 11.4 Å². The Hall–Kier alpha value is -1.71. The summed E-state index contributed by atoms with van der Waals surface area (Å²) in [5.41, 5.74) is 1.97. The van der Waals surface area contributed by atoms with E-state index in [0.29, 0.717) is 11.7 Å².